The Hall–Kier alpha value is -2.89. The maximum Gasteiger partial charge on any atom is 0.321 e. The zero-order chi connectivity index (χ0) is 16.5. The van der Waals surface area contributed by atoms with Crippen molar-refractivity contribution in [3.05, 3.63) is 60.2 Å². The maximum absolute atomic E-state index is 13.2. The Morgan fingerprint density at radius 3 is 2.83 bits per heavy atom. The van der Waals surface area contributed by atoms with Crippen molar-refractivity contribution >= 4 is 22.8 Å². The normalized spacial score (nSPS) is 14.3. The minimum atomic E-state index is -0.365. The van der Waals surface area contributed by atoms with Gasteiger partial charge in [-0.25, -0.2) is 14.2 Å². The van der Waals surface area contributed by atoms with Gasteiger partial charge in [-0.05, 0) is 30.3 Å². The lowest BCUT2D eigenvalue weighted by Gasteiger charge is -2.20. The summed E-state index contributed by atoms with van der Waals surface area (Å²) in [6.07, 6.45) is 0.700. The molecule has 0 saturated carbocycles. The lowest BCUT2D eigenvalue weighted by atomic mass is 10.3. The van der Waals surface area contributed by atoms with Crippen molar-refractivity contribution < 1.29 is 9.18 Å². The van der Waals surface area contributed by atoms with Crippen molar-refractivity contribution in [2.75, 3.05) is 18.4 Å². The van der Waals surface area contributed by atoms with Gasteiger partial charge in [-0.2, -0.15) is 0 Å². The van der Waals surface area contributed by atoms with Crippen molar-refractivity contribution in [3.8, 4) is 0 Å². The topological polar surface area (TPSA) is 50.2 Å². The summed E-state index contributed by atoms with van der Waals surface area (Å²) in [7, 11) is 0. The van der Waals surface area contributed by atoms with Crippen LogP contribution in [0.4, 0.5) is 14.9 Å². The molecular weight excluding hydrogens is 307 g/mol. The summed E-state index contributed by atoms with van der Waals surface area (Å²) in [5, 5.41) is 2.75. The fourth-order valence-electron chi connectivity index (χ4n) is 3.11. The highest BCUT2D eigenvalue weighted by atomic mass is 19.1. The molecular formula is C18H17FN4O. The molecule has 0 radical (unpaired) electrons. The third-order valence-electron chi connectivity index (χ3n) is 4.30. The molecule has 0 fully saturated rings. The number of para-hydroxylation sites is 2. The van der Waals surface area contributed by atoms with Gasteiger partial charge in [0.2, 0.25) is 0 Å². The monoisotopic (exact) mass is 324 g/mol. The highest BCUT2D eigenvalue weighted by molar-refractivity contribution is 5.89. The van der Waals surface area contributed by atoms with E-state index < -0.39 is 0 Å². The predicted octanol–water partition coefficient (Wildman–Crippen LogP) is 3.27. The first kappa shape index (κ1) is 14.7. The molecule has 2 heterocycles. The summed E-state index contributed by atoms with van der Waals surface area (Å²) in [5.41, 5.74) is 2.55. The number of aromatic nitrogens is 2. The van der Waals surface area contributed by atoms with Gasteiger partial charge in [0.05, 0.1) is 11.0 Å². The zero-order valence-corrected chi connectivity index (χ0v) is 13.1. The number of hydrogen-bond acceptors (Lipinski definition) is 2. The molecule has 1 aromatic heterocycles. The van der Waals surface area contributed by atoms with Crippen molar-refractivity contribution in [3.63, 3.8) is 0 Å². The molecule has 0 bridgehead atoms. The SMILES string of the molecule is O=C(Nc1cccc(F)c1)N1CCc2nc3ccccc3n2CC1. The fourth-order valence-corrected chi connectivity index (χ4v) is 3.11. The smallest absolute Gasteiger partial charge is 0.321 e. The van der Waals surface area contributed by atoms with Crippen LogP contribution in [0.25, 0.3) is 11.0 Å². The van der Waals surface area contributed by atoms with Crippen LogP contribution in [0.3, 0.4) is 0 Å². The molecule has 6 heteroatoms. The van der Waals surface area contributed by atoms with Crippen LogP contribution in [0.2, 0.25) is 0 Å². The molecule has 2 aromatic carbocycles. The average Bonchev–Trinajstić information content (AvgIpc) is 2.79. The van der Waals surface area contributed by atoms with Crippen LogP contribution in [0.5, 0.6) is 0 Å². The molecule has 122 valence electrons. The number of anilines is 1. The molecule has 1 aliphatic rings. The molecule has 5 nitrogen and oxygen atoms in total. The highest BCUT2D eigenvalue weighted by Gasteiger charge is 2.20. The number of urea groups is 1. The van der Waals surface area contributed by atoms with Crippen LogP contribution >= 0.6 is 0 Å². The van der Waals surface area contributed by atoms with Crippen LogP contribution < -0.4 is 5.32 Å². The summed E-state index contributed by atoms with van der Waals surface area (Å²) in [6, 6.07) is 13.7. The predicted molar refractivity (Wildman–Crippen MR) is 90.4 cm³/mol. The largest absolute Gasteiger partial charge is 0.326 e. The highest BCUT2D eigenvalue weighted by Crippen LogP contribution is 2.19. The van der Waals surface area contributed by atoms with E-state index in [-0.39, 0.29) is 11.8 Å². The van der Waals surface area contributed by atoms with Crippen LogP contribution in [0.1, 0.15) is 5.82 Å². The third kappa shape index (κ3) is 2.71. The second-order valence-corrected chi connectivity index (χ2v) is 5.85. The molecule has 0 saturated heterocycles. The number of nitrogens with zero attached hydrogens (tertiary/aromatic N) is 3. The van der Waals surface area contributed by atoms with Gasteiger partial charge in [0.15, 0.2) is 0 Å². The van der Waals surface area contributed by atoms with E-state index in [4.69, 9.17) is 0 Å². The van der Waals surface area contributed by atoms with Gasteiger partial charge in [0.25, 0.3) is 0 Å². The Labute approximate surface area is 138 Å². The summed E-state index contributed by atoms with van der Waals surface area (Å²) >= 11 is 0. The van der Waals surface area contributed by atoms with Crippen molar-refractivity contribution in [2.24, 2.45) is 0 Å². The van der Waals surface area contributed by atoms with E-state index in [0.29, 0.717) is 31.7 Å². The van der Waals surface area contributed by atoms with Gasteiger partial charge in [-0.1, -0.05) is 18.2 Å². The van der Waals surface area contributed by atoms with Crippen molar-refractivity contribution in [2.45, 2.75) is 13.0 Å². The first-order valence-corrected chi connectivity index (χ1v) is 7.96. The molecule has 0 aliphatic carbocycles. The van der Waals surface area contributed by atoms with E-state index in [1.54, 1.807) is 17.0 Å². The number of rotatable bonds is 1. The van der Waals surface area contributed by atoms with Crippen LogP contribution in [-0.2, 0) is 13.0 Å². The Morgan fingerprint density at radius 2 is 1.96 bits per heavy atom. The lowest BCUT2D eigenvalue weighted by Crippen LogP contribution is -2.37. The minimum absolute atomic E-state index is 0.212. The summed E-state index contributed by atoms with van der Waals surface area (Å²) in [5.74, 6) is 0.632. The fraction of sp³-hybridized carbons (Fsp3) is 0.222. The van der Waals surface area contributed by atoms with E-state index in [0.717, 1.165) is 16.9 Å². The number of halogens is 1. The number of benzene rings is 2. The molecule has 2 amide bonds. The van der Waals surface area contributed by atoms with Gasteiger partial charge < -0.3 is 14.8 Å². The van der Waals surface area contributed by atoms with Crippen LogP contribution in [0, 0.1) is 5.82 Å². The van der Waals surface area contributed by atoms with E-state index in [1.807, 2.05) is 24.3 Å². The molecule has 4 rings (SSSR count). The van der Waals surface area contributed by atoms with Crippen molar-refractivity contribution in [1.82, 2.24) is 14.5 Å². The van der Waals surface area contributed by atoms with Gasteiger partial charge in [-0.3, -0.25) is 0 Å². The number of amides is 2. The number of hydrogen-bond donors (Lipinski definition) is 1. The molecule has 24 heavy (non-hydrogen) atoms. The first-order valence-electron chi connectivity index (χ1n) is 7.96. The number of imidazole rings is 1. The Bertz CT molecular complexity index is 905. The van der Waals surface area contributed by atoms with E-state index >= 15 is 0 Å². The first-order chi connectivity index (χ1) is 11.7. The number of carbonyl (C=O) groups excluding carboxylic acids is 1. The molecule has 3 aromatic rings. The van der Waals surface area contributed by atoms with Gasteiger partial charge in [-0.15, -0.1) is 0 Å². The summed E-state index contributed by atoms with van der Waals surface area (Å²) < 4.78 is 15.4. The maximum atomic E-state index is 13.2. The second-order valence-electron chi connectivity index (χ2n) is 5.85. The van der Waals surface area contributed by atoms with Crippen LogP contribution in [-0.4, -0.2) is 33.6 Å². The van der Waals surface area contributed by atoms with Gasteiger partial charge in [0.1, 0.15) is 11.6 Å². The zero-order valence-electron chi connectivity index (χ0n) is 13.1. The van der Waals surface area contributed by atoms with E-state index in [2.05, 4.69) is 14.9 Å². The van der Waals surface area contributed by atoms with E-state index in [9.17, 15) is 9.18 Å². The number of fused-ring (bicyclic) bond motifs is 3. The number of nitrogens with one attached hydrogen (secondary N) is 1. The molecule has 0 spiro atoms. The molecule has 0 unspecified atom stereocenters. The summed E-state index contributed by atoms with van der Waals surface area (Å²) in [4.78, 5) is 18.8. The van der Waals surface area contributed by atoms with E-state index in [1.165, 1.54) is 12.1 Å². The molecule has 1 aliphatic heterocycles. The van der Waals surface area contributed by atoms with Gasteiger partial charge in [0, 0.05) is 31.7 Å². The second kappa shape index (κ2) is 5.96. The number of carbonyl (C=O) groups is 1. The van der Waals surface area contributed by atoms with Crippen molar-refractivity contribution in [1.29, 1.82) is 0 Å². The van der Waals surface area contributed by atoms with Crippen LogP contribution in [0.15, 0.2) is 48.5 Å². The average molecular weight is 324 g/mol. The quantitative estimate of drug-likeness (QED) is 0.747. The van der Waals surface area contributed by atoms with Gasteiger partial charge >= 0.3 is 6.03 Å². The Balaban J connectivity index is 1.50. The third-order valence-corrected chi connectivity index (χ3v) is 4.30. The molecule has 0 atom stereocenters. The Kier molecular flexibility index (Phi) is 3.65. The standard InChI is InChI=1S/C18H17FN4O/c19-13-4-3-5-14(12-13)20-18(24)22-9-8-17-21-15-6-1-2-7-16(15)23(17)11-10-22/h1-7,12H,8-11H2,(H,20,24). The lowest BCUT2D eigenvalue weighted by molar-refractivity contribution is 0.213. The Morgan fingerprint density at radius 1 is 1.08 bits per heavy atom. The molecule has 1 N–H and O–H groups in total. The summed E-state index contributed by atoms with van der Waals surface area (Å²) in [6.45, 7) is 1.88. The minimum Gasteiger partial charge on any atom is -0.326 e.